The maximum absolute atomic E-state index is 9.87. The second-order valence-corrected chi connectivity index (χ2v) is 2.81. The van der Waals surface area contributed by atoms with Crippen molar-refractivity contribution in [2.24, 2.45) is 0 Å². The van der Waals surface area contributed by atoms with E-state index in [1.807, 2.05) is 0 Å². The van der Waals surface area contributed by atoms with Crippen LogP contribution in [0.1, 0.15) is 12.1 Å². The first-order chi connectivity index (χ1) is 5.31. The first kappa shape index (κ1) is 6.75. The van der Waals surface area contributed by atoms with Gasteiger partial charge in [0.2, 0.25) is 0 Å². The maximum Gasteiger partial charge on any atom is 0.123 e. The molecule has 5 heteroatoms. The maximum atomic E-state index is 9.87. The molecular weight excluding hydrogens is 144 g/mol. The van der Waals surface area contributed by atoms with Crippen molar-refractivity contribution in [2.75, 3.05) is 13.1 Å². The highest BCUT2D eigenvalue weighted by molar-refractivity contribution is 5.09. The Balaban J connectivity index is 2.27. The fourth-order valence-electron chi connectivity index (χ4n) is 1.32. The fraction of sp³-hybridized carbons (Fsp3) is 0.667. The van der Waals surface area contributed by atoms with E-state index >= 15 is 0 Å². The van der Waals surface area contributed by atoms with E-state index in [2.05, 4.69) is 20.7 Å². The van der Waals surface area contributed by atoms with Crippen LogP contribution in [0.2, 0.25) is 0 Å². The minimum absolute atomic E-state index is 0.569. The van der Waals surface area contributed by atoms with Crippen LogP contribution in [0.5, 0.6) is 0 Å². The largest absolute Gasteiger partial charge is 0.382 e. The quantitative estimate of drug-likeness (QED) is 0.484. The Morgan fingerprint density at radius 3 is 3.09 bits per heavy atom. The van der Waals surface area contributed by atoms with Crippen molar-refractivity contribution in [3.63, 3.8) is 0 Å². The van der Waals surface area contributed by atoms with Crippen LogP contribution in [0.15, 0.2) is 6.20 Å². The van der Waals surface area contributed by atoms with Gasteiger partial charge in [-0.2, -0.15) is 15.4 Å². The molecule has 1 aromatic rings. The van der Waals surface area contributed by atoms with Gasteiger partial charge in [0.1, 0.15) is 11.3 Å². The van der Waals surface area contributed by atoms with E-state index in [1.54, 1.807) is 6.20 Å². The van der Waals surface area contributed by atoms with Crippen LogP contribution in [-0.2, 0) is 5.60 Å². The molecule has 0 unspecified atom stereocenters. The van der Waals surface area contributed by atoms with Crippen molar-refractivity contribution < 1.29 is 5.11 Å². The Labute approximate surface area is 63.8 Å². The summed E-state index contributed by atoms with van der Waals surface area (Å²) in [6, 6.07) is 0. The van der Waals surface area contributed by atoms with Gasteiger partial charge in [0.15, 0.2) is 0 Å². The van der Waals surface area contributed by atoms with Gasteiger partial charge in [-0.05, 0) is 13.0 Å². The number of aromatic amines is 1. The molecular formula is C6H10N4O. The van der Waals surface area contributed by atoms with E-state index in [0.29, 0.717) is 18.7 Å². The standard InChI is InChI=1S/C6H10N4O/c11-6(1-2-7-4-6)5-3-8-10-9-5/h3,7,11H,1-2,4H2,(H,8,9,10)/t6-/m1/s1. The molecule has 1 atom stereocenters. The first-order valence-corrected chi connectivity index (χ1v) is 3.61. The number of aliphatic hydroxyl groups is 1. The zero-order valence-electron chi connectivity index (χ0n) is 6.04. The summed E-state index contributed by atoms with van der Waals surface area (Å²) in [4.78, 5) is 0. The summed E-state index contributed by atoms with van der Waals surface area (Å²) in [5.74, 6) is 0. The fourth-order valence-corrected chi connectivity index (χ4v) is 1.32. The van der Waals surface area contributed by atoms with E-state index in [9.17, 15) is 5.11 Å². The normalized spacial score (nSPS) is 31.0. The average molecular weight is 154 g/mol. The zero-order chi connectivity index (χ0) is 7.73. The molecule has 0 bridgehead atoms. The molecule has 11 heavy (non-hydrogen) atoms. The van der Waals surface area contributed by atoms with Gasteiger partial charge >= 0.3 is 0 Å². The predicted octanol–water partition coefficient (Wildman–Crippen LogP) is -1.01. The minimum atomic E-state index is -0.799. The molecule has 1 fully saturated rings. The van der Waals surface area contributed by atoms with Crippen LogP contribution < -0.4 is 5.32 Å². The number of nitrogens with zero attached hydrogens (tertiary/aromatic N) is 2. The molecule has 1 aromatic heterocycles. The van der Waals surface area contributed by atoms with Crippen LogP contribution in [0.4, 0.5) is 0 Å². The number of H-pyrrole nitrogens is 1. The lowest BCUT2D eigenvalue weighted by molar-refractivity contribution is 0.0541. The first-order valence-electron chi connectivity index (χ1n) is 3.61. The number of aromatic nitrogens is 3. The second kappa shape index (κ2) is 2.28. The Kier molecular flexibility index (Phi) is 1.40. The predicted molar refractivity (Wildman–Crippen MR) is 37.8 cm³/mol. The molecule has 1 aliphatic rings. The lowest BCUT2D eigenvalue weighted by atomic mass is 10.0. The van der Waals surface area contributed by atoms with E-state index in [4.69, 9.17) is 0 Å². The zero-order valence-corrected chi connectivity index (χ0v) is 6.04. The molecule has 2 rings (SSSR count). The summed E-state index contributed by atoms with van der Waals surface area (Å²) < 4.78 is 0. The van der Waals surface area contributed by atoms with E-state index in [0.717, 1.165) is 6.54 Å². The van der Waals surface area contributed by atoms with Gasteiger partial charge in [-0.3, -0.25) is 0 Å². The van der Waals surface area contributed by atoms with Crippen molar-refractivity contribution >= 4 is 0 Å². The molecule has 1 aliphatic heterocycles. The molecule has 0 radical (unpaired) electrons. The van der Waals surface area contributed by atoms with E-state index in [-0.39, 0.29) is 0 Å². The summed E-state index contributed by atoms with van der Waals surface area (Å²) in [5.41, 5.74) is -0.171. The molecule has 5 nitrogen and oxygen atoms in total. The SMILES string of the molecule is O[C@]1(c2cn[nH]n2)CCNC1. The summed E-state index contributed by atoms with van der Waals surface area (Å²) >= 11 is 0. The highest BCUT2D eigenvalue weighted by Gasteiger charge is 2.35. The lowest BCUT2D eigenvalue weighted by Crippen LogP contribution is -2.28. The van der Waals surface area contributed by atoms with Crippen molar-refractivity contribution in [2.45, 2.75) is 12.0 Å². The Morgan fingerprint density at radius 2 is 2.55 bits per heavy atom. The van der Waals surface area contributed by atoms with Crippen LogP contribution in [0.25, 0.3) is 0 Å². The molecule has 3 N–H and O–H groups in total. The topological polar surface area (TPSA) is 73.8 Å². The number of hydrogen-bond donors (Lipinski definition) is 3. The monoisotopic (exact) mass is 154 g/mol. The third-order valence-electron chi connectivity index (χ3n) is 2.02. The molecule has 0 amide bonds. The number of nitrogens with one attached hydrogen (secondary N) is 2. The van der Waals surface area contributed by atoms with Gasteiger partial charge in [-0.1, -0.05) is 0 Å². The highest BCUT2D eigenvalue weighted by Crippen LogP contribution is 2.24. The van der Waals surface area contributed by atoms with Gasteiger partial charge in [-0.25, -0.2) is 0 Å². The number of hydrogen-bond acceptors (Lipinski definition) is 4. The van der Waals surface area contributed by atoms with E-state index < -0.39 is 5.60 Å². The molecule has 60 valence electrons. The number of rotatable bonds is 1. The smallest absolute Gasteiger partial charge is 0.123 e. The van der Waals surface area contributed by atoms with Crippen molar-refractivity contribution in [1.82, 2.24) is 20.7 Å². The second-order valence-electron chi connectivity index (χ2n) is 2.81. The molecule has 1 saturated heterocycles. The minimum Gasteiger partial charge on any atom is -0.382 e. The lowest BCUT2D eigenvalue weighted by Gasteiger charge is -2.16. The average Bonchev–Trinajstić information content (AvgIpc) is 2.55. The molecule has 0 saturated carbocycles. The van der Waals surface area contributed by atoms with Crippen LogP contribution in [-0.4, -0.2) is 33.6 Å². The van der Waals surface area contributed by atoms with Crippen LogP contribution in [0.3, 0.4) is 0 Å². The Hall–Kier alpha value is -0.940. The molecule has 0 aromatic carbocycles. The van der Waals surface area contributed by atoms with Crippen molar-refractivity contribution in [3.8, 4) is 0 Å². The van der Waals surface area contributed by atoms with Gasteiger partial charge in [0.25, 0.3) is 0 Å². The third-order valence-corrected chi connectivity index (χ3v) is 2.02. The van der Waals surface area contributed by atoms with Gasteiger partial charge in [0.05, 0.1) is 6.20 Å². The summed E-state index contributed by atoms with van der Waals surface area (Å²) in [6.45, 7) is 1.41. The number of β-amino-alcohol motifs (C(OH)–C–C–N with tert-alkyl or cyclic N) is 1. The molecule has 0 aliphatic carbocycles. The molecule has 0 spiro atoms. The molecule has 2 heterocycles. The van der Waals surface area contributed by atoms with Crippen LogP contribution >= 0.6 is 0 Å². The Bertz CT molecular complexity index is 227. The Morgan fingerprint density at radius 1 is 1.64 bits per heavy atom. The van der Waals surface area contributed by atoms with Crippen molar-refractivity contribution in [1.29, 1.82) is 0 Å². The van der Waals surface area contributed by atoms with Crippen molar-refractivity contribution in [3.05, 3.63) is 11.9 Å². The highest BCUT2D eigenvalue weighted by atomic mass is 16.3. The third kappa shape index (κ3) is 1.02. The van der Waals surface area contributed by atoms with Crippen LogP contribution in [0, 0.1) is 0 Å². The summed E-state index contributed by atoms with van der Waals surface area (Å²) in [7, 11) is 0. The summed E-state index contributed by atoms with van der Waals surface area (Å²) in [5, 5.41) is 22.9. The van der Waals surface area contributed by atoms with Gasteiger partial charge in [0, 0.05) is 6.54 Å². The van der Waals surface area contributed by atoms with Gasteiger partial charge < -0.3 is 10.4 Å². The van der Waals surface area contributed by atoms with E-state index in [1.165, 1.54) is 0 Å². The summed E-state index contributed by atoms with van der Waals surface area (Å²) in [6.07, 6.45) is 2.27. The van der Waals surface area contributed by atoms with Gasteiger partial charge in [-0.15, -0.1) is 0 Å².